The molecule has 0 radical (unpaired) electrons. The topological polar surface area (TPSA) is 16.4 Å². The number of anilines is 3. The summed E-state index contributed by atoms with van der Waals surface area (Å²) in [5.74, 6) is 0. The summed E-state index contributed by atoms with van der Waals surface area (Å²) in [4.78, 5) is 2.38. The number of benzene rings is 11. The van der Waals surface area contributed by atoms with Crippen LogP contribution >= 0.6 is 0 Å². The molecule has 62 heavy (non-hydrogen) atoms. The average Bonchev–Trinajstić information content (AvgIpc) is 3.73. The molecule has 0 saturated carbocycles. The third-order valence-corrected chi connectivity index (χ3v) is 12.4. The van der Waals surface area contributed by atoms with Crippen molar-refractivity contribution < 1.29 is 4.42 Å². The molecule has 0 atom stereocenters. The number of para-hydroxylation sites is 1. The molecule has 1 heterocycles. The number of hydrogen-bond acceptors (Lipinski definition) is 2. The van der Waals surface area contributed by atoms with E-state index in [0.717, 1.165) is 55.7 Å². The van der Waals surface area contributed by atoms with Crippen LogP contribution in [0.1, 0.15) is 0 Å². The molecule has 12 rings (SSSR count). The van der Waals surface area contributed by atoms with E-state index in [-0.39, 0.29) is 0 Å². The maximum atomic E-state index is 6.32. The van der Waals surface area contributed by atoms with Gasteiger partial charge in [-0.05, 0) is 131 Å². The first-order chi connectivity index (χ1) is 30.7. The Labute approximate surface area is 360 Å². The van der Waals surface area contributed by atoms with Crippen LogP contribution in [0.5, 0.6) is 0 Å². The smallest absolute Gasteiger partial charge is 0.136 e. The normalized spacial score (nSPS) is 11.5. The molecule has 12 aromatic rings. The van der Waals surface area contributed by atoms with Crippen molar-refractivity contribution in [1.82, 2.24) is 0 Å². The summed E-state index contributed by atoms with van der Waals surface area (Å²) >= 11 is 0. The quantitative estimate of drug-likeness (QED) is 0.150. The first-order valence-corrected chi connectivity index (χ1v) is 21.2. The monoisotopic (exact) mass is 789 g/mol. The van der Waals surface area contributed by atoms with Crippen LogP contribution in [0.2, 0.25) is 0 Å². The summed E-state index contributed by atoms with van der Waals surface area (Å²) in [5.41, 5.74) is 14.4. The van der Waals surface area contributed by atoms with Crippen molar-refractivity contribution in [3.05, 3.63) is 237 Å². The Kier molecular flexibility index (Phi) is 8.53. The largest absolute Gasteiger partial charge is 0.456 e. The van der Waals surface area contributed by atoms with Gasteiger partial charge in [-0.1, -0.05) is 182 Å². The molecule has 0 aliphatic carbocycles. The van der Waals surface area contributed by atoms with Crippen LogP contribution in [-0.4, -0.2) is 0 Å². The van der Waals surface area contributed by atoms with Crippen molar-refractivity contribution in [3.63, 3.8) is 0 Å². The molecule has 0 aliphatic heterocycles. The molecule has 0 bridgehead atoms. The predicted octanol–water partition coefficient (Wildman–Crippen LogP) is 17.2. The van der Waals surface area contributed by atoms with E-state index in [2.05, 4.69) is 229 Å². The van der Waals surface area contributed by atoms with Gasteiger partial charge < -0.3 is 9.32 Å². The summed E-state index contributed by atoms with van der Waals surface area (Å²) in [7, 11) is 0. The van der Waals surface area contributed by atoms with Gasteiger partial charge in [-0.15, -0.1) is 0 Å². The molecule has 2 nitrogen and oxygen atoms in total. The first kappa shape index (κ1) is 35.7. The highest BCUT2D eigenvalue weighted by atomic mass is 16.3. The van der Waals surface area contributed by atoms with E-state index in [1.165, 1.54) is 60.1 Å². The van der Waals surface area contributed by atoms with Crippen molar-refractivity contribution in [3.8, 4) is 44.5 Å². The van der Waals surface area contributed by atoms with E-state index in [1.54, 1.807) is 0 Å². The van der Waals surface area contributed by atoms with Crippen molar-refractivity contribution >= 4 is 71.3 Å². The van der Waals surface area contributed by atoms with Gasteiger partial charge in [0.15, 0.2) is 0 Å². The Morgan fingerprint density at radius 2 is 0.758 bits per heavy atom. The highest BCUT2D eigenvalue weighted by Gasteiger charge is 2.18. The Morgan fingerprint density at radius 3 is 1.55 bits per heavy atom. The Bertz CT molecular complexity index is 3630. The minimum Gasteiger partial charge on any atom is -0.456 e. The number of fused-ring (bicyclic) bond motifs is 7. The van der Waals surface area contributed by atoms with Gasteiger partial charge in [0.2, 0.25) is 0 Å². The zero-order chi connectivity index (χ0) is 41.0. The van der Waals surface area contributed by atoms with Gasteiger partial charge in [0.05, 0.1) is 0 Å². The van der Waals surface area contributed by atoms with Crippen molar-refractivity contribution in [2.24, 2.45) is 0 Å². The fourth-order valence-electron chi connectivity index (χ4n) is 9.40. The second kappa shape index (κ2) is 14.8. The zero-order valence-electron chi connectivity index (χ0n) is 33.9. The summed E-state index contributed by atoms with van der Waals surface area (Å²) < 4.78 is 6.32. The molecule has 0 N–H and O–H groups in total. The fourth-order valence-corrected chi connectivity index (χ4v) is 9.40. The van der Waals surface area contributed by atoms with Crippen LogP contribution < -0.4 is 4.90 Å². The van der Waals surface area contributed by atoms with Crippen molar-refractivity contribution in [1.29, 1.82) is 0 Å². The Morgan fingerprint density at radius 1 is 0.258 bits per heavy atom. The fraction of sp³-hybridized carbons (Fsp3) is 0. The summed E-state index contributed by atoms with van der Waals surface area (Å²) in [6.45, 7) is 0. The van der Waals surface area contributed by atoms with Crippen LogP contribution in [0.4, 0.5) is 17.1 Å². The van der Waals surface area contributed by atoms with Crippen LogP contribution in [0.25, 0.3) is 98.8 Å². The minimum absolute atomic E-state index is 0.891. The van der Waals surface area contributed by atoms with E-state index in [4.69, 9.17) is 4.42 Å². The predicted molar refractivity (Wildman–Crippen MR) is 263 cm³/mol. The minimum atomic E-state index is 0.891. The molecule has 0 fully saturated rings. The van der Waals surface area contributed by atoms with E-state index in [9.17, 15) is 0 Å². The molecular formula is C60H39NO. The lowest BCUT2D eigenvalue weighted by atomic mass is 9.96. The summed E-state index contributed by atoms with van der Waals surface area (Å²) in [6.07, 6.45) is 0. The van der Waals surface area contributed by atoms with Crippen LogP contribution in [-0.2, 0) is 0 Å². The lowest BCUT2D eigenvalue weighted by molar-refractivity contribution is 0.669. The van der Waals surface area contributed by atoms with Gasteiger partial charge in [0, 0.05) is 27.8 Å². The van der Waals surface area contributed by atoms with Gasteiger partial charge in [-0.2, -0.15) is 0 Å². The SMILES string of the molecule is c1cc(-c2ccc(-c3cccc4ccccc34)cc2)cc(N(c2ccc(-c3ccc4ccc5ccccc5c4c3)cc2)c2cccc(-c3cccc4oc5ccccc5c34)c2)c1. The molecule has 0 unspecified atom stereocenters. The van der Waals surface area contributed by atoms with E-state index in [1.807, 2.05) is 12.1 Å². The molecular weight excluding hydrogens is 751 g/mol. The van der Waals surface area contributed by atoms with Gasteiger partial charge in [0.25, 0.3) is 0 Å². The molecule has 2 heteroatoms. The van der Waals surface area contributed by atoms with Crippen LogP contribution in [0.3, 0.4) is 0 Å². The first-order valence-electron chi connectivity index (χ1n) is 21.2. The molecule has 290 valence electrons. The number of rotatable bonds is 7. The number of nitrogens with zero attached hydrogens (tertiary/aromatic N) is 1. The van der Waals surface area contributed by atoms with E-state index in [0.29, 0.717) is 0 Å². The standard InChI is InChI=1S/C60H39NO/c1-3-18-52-42(11-1)13-9-21-53(52)44-27-25-40(26-28-44)46-14-7-16-50(37-46)61(51-17-8-15-48(38-51)55-22-10-24-59-60(55)56-20-5-6-23-58(56)62-59)49-35-33-41(34-36-49)47-32-31-45-30-29-43-12-2-4-19-54(43)57(45)39-47/h1-39H. The molecule has 0 spiro atoms. The Balaban J connectivity index is 0.964. The maximum absolute atomic E-state index is 6.32. The second-order valence-corrected chi connectivity index (χ2v) is 16.1. The summed E-state index contributed by atoms with van der Waals surface area (Å²) in [6, 6.07) is 85.5. The number of furan rings is 1. The van der Waals surface area contributed by atoms with Gasteiger partial charge in [-0.3, -0.25) is 0 Å². The Hall–Kier alpha value is -8.20. The molecule has 0 amide bonds. The molecule has 0 saturated heterocycles. The summed E-state index contributed by atoms with van der Waals surface area (Å²) in [5, 5.41) is 9.81. The van der Waals surface area contributed by atoms with Gasteiger partial charge in [0.1, 0.15) is 11.2 Å². The van der Waals surface area contributed by atoms with Crippen molar-refractivity contribution in [2.45, 2.75) is 0 Å². The third-order valence-electron chi connectivity index (χ3n) is 12.4. The molecule has 0 aliphatic rings. The second-order valence-electron chi connectivity index (χ2n) is 16.1. The lowest BCUT2D eigenvalue weighted by Crippen LogP contribution is -2.10. The van der Waals surface area contributed by atoms with E-state index >= 15 is 0 Å². The average molecular weight is 790 g/mol. The highest BCUT2D eigenvalue weighted by Crippen LogP contribution is 2.42. The molecule has 11 aromatic carbocycles. The van der Waals surface area contributed by atoms with Crippen LogP contribution in [0, 0.1) is 0 Å². The third kappa shape index (κ3) is 6.20. The number of hydrogen-bond donors (Lipinski definition) is 0. The zero-order valence-corrected chi connectivity index (χ0v) is 33.9. The lowest BCUT2D eigenvalue weighted by Gasteiger charge is -2.27. The maximum Gasteiger partial charge on any atom is 0.136 e. The van der Waals surface area contributed by atoms with Crippen LogP contribution in [0.15, 0.2) is 241 Å². The highest BCUT2D eigenvalue weighted by molar-refractivity contribution is 6.13. The van der Waals surface area contributed by atoms with Crippen molar-refractivity contribution in [2.75, 3.05) is 4.90 Å². The molecule has 1 aromatic heterocycles. The van der Waals surface area contributed by atoms with Gasteiger partial charge in [-0.25, -0.2) is 0 Å². The van der Waals surface area contributed by atoms with E-state index < -0.39 is 0 Å². The van der Waals surface area contributed by atoms with Gasteiger partial charge >= 0.3 is 0 Å².